The fourth-order valence-corrected chi connectivity index (χ4v) is 11.5. The first-order valence-corrected chi connectivity index (χ1v) is 24.6. The third-order valence-electron chi connectivity index (χ3n) is 9.70. The van der Waals surface area contributed by atoms with E-state index in [0.29, 0.717) is 11.4 Å². The molecule has 10 nitrogen and oxygen atoms in total. The van der Waals surface area contributed by atoms with E-state index in [1.165, 1.54) is 161 Å². The van der Waals surface area contributed by atoms with Gasteiger partial charge in [0.05, 0.1) is 33.9 Å². The zero-order valence-corrected chi connectivity index (χ0v) is 42.1. The number of isothiocyanates is 2. The zero-order chi connectivity index (χ0) is 45.8. The first-order chi connectivity index (χ1) is 31.1. The Balaban J connectivity index is 0.000000309. The summed E-state index contributed by atoms with van der Waals surface area (Å²) in [5.74, 6) is -2.15. The van der Waals surface area contributed by atoms with Gasteiger partial charge >= 0.3 is 31.4 Å². The maximum Gasteiger partial charge on any atom is 2.00 e. The molecule has 65 heavy (non-hydrogen) atoms. The molecular formula is C48H44N6O4RuS6. The van der Waals surface area contributed by atoms with E-state index in [-0.39, 0.29) is 30.6 Å². The quantitative estimate of drug-likeness (QED) is 0.0411. The molecule has 8 rings (SSSR count). The van der Waals surface area contributed by atoms with Gasteiger partial charge in [-0.2, -0.15) is 10.3 Å². The van der Waals surface area contributed by atoms with Crippen molar-refractivity contribution in [3.05, 3.63) is 129 Å². The number of pyridine rings is 4. The number of unbranched alkanes of at least 4 members (excludes halogenated alkanes) is 6. The number of nitrogens with zero attached hydrogens (tertiary/aromatic N) is 6. The molecule has 0 fully saturated rings. The Morgan fingerprint density at radius 1 is 0.523 bits per heavy atom. The van der Waals surface area contributed by atoms with Crippen molar-refractivity contribution in [1.82, 2.24) is 19.9 Å². The fraction of sp³-hybridized carbons (Fsp3) is 0.250. The number of aromatic nitrogens is 4. The number of aryl methyl sites for hydroxylation is 2. The standard InChI is InChI=1S/C34H36N2S4.C12H8N2O4.2CNS.Ru/c1-3-5-7-9-11-25-19-31-33(37-25)21-29(39-31)23-13-15-35-27(17-23)28-18-24(14-16-36-28)30-22-34-32(40-30)20-26(38-34)12-10-8-6-4-2;15-11(16)7-1-3-13-9(5-7)10-6-8(12(17)18)2-4-14-10;2*2-1-3;/h13-22H,3-12H2,1-2H3;1-6H,(H,15,16)(H,17,18);;;/q;;2*-1;+2. The summed E-state index contributed by atoms with van der Waals surface area (Å²) in [5, 5.41) is 34.6. The second-order valence-corrected chi connectivity index (χ2v) is 19.1. The Labute approximate surface area is 417 Å². The summed E-state index contributed by atoms with van der Waals surface area (Å²) in [6.45, 7) is 4.55. The van der Waals surface area contributed by atoms with Crippen molar-refractivity contribution in [3.63, 3.8) is 0 Å². The molecule has 0 aliphatic rings. The Morgan fingerprint density at radius 2 is 0.862 bits per heavy atom. The van der Waals surface area contributed by atoms with Crippen LogP contribution in [0.2, 0.25) is 0 Å². The molecule has 17 heteroatoms. The van der Waals surface area contributed by atoms with Crippen LogP contribution in [0.4, 0.5) is 0 Å². The second-order valence-electron chi connectivity index (χ2n) is 14.2. The van der Waals surface area contributed by atoms with E-state index in [1.54, 1.807) is 0 Å². The molecule has 0 aliphatic heterocycles. The molecule has 334 valence electrons. The van der Waals surface area contributed by atoms with Crippen LogP contribution in [-0.2, 0) is 32.3 Å². The number of carbonyl (C=O) groups is 2. The number of thiophene rings is 4. The van der Waals surface area contributed by atoms with Gasteiger partial charge in [-0.15, -0.1) is 45.3 Å². The molecule has 0 aromatic carbocycles. The number of carboxylic acid groups (broad SMARTS) is 2. The third-order valence-corrected chi connectivity index (χ3v) is 14.5. The average Bonchev–Trinajstić information content (AvgIpc) is 4.09. The molecule has 0 unspecified atom stereocenters. The number of hydrogen-bond acceptors (Lipinski definition) is 12. The van der Waals surface area contributed by atoms with Crippen LogP contribution in [0.15, 0.2) is 97.6 Å². The molecule has 0 radical (unpaired) electrons. The van der Waals surface area contributed by atoms with Crippen molar-refractivity contribution in [2.75, 3.05) is 0 Å². The SMILES string of the molecule is CCCCCCc1cc2sc(-c3ccnc(-c4cc(-c5cc6sc(CCCCCC)cc6s5)ccn4)c3)cc2s1.O=C(O)c1ccnc(-c2cc(C(=O)O)ccn2)c1.[N-]=C=S.[N-]=C=S.[Ru+2]. The van der Waals surface area contributed by atoms with Gasteiger partial charge in [-0.25, -0.2) is 9.59 Å². The average molecular weight is 1060 g/mol. The Hall–Kier alpha value is -4.92. The van der Waals surface area contributed by atoms with Crippen molar-refractivity contribution in [2.24, 2.45) is 0 Å². The molecule has 0 aliphatic carbocycles. The largest absolute Gasteiger partial charge is 2.00 e. The van der Waals surface area contributed by atoms with E-state index < -0.39 is 11.9 Å². The number of thiocarbonyl (C=S) groups is 2. The molecule has 0 amide bonds. The Kier molecular flexibility index (Phi) is 22.3. The molecule has 8 aromatic heterocycles. The van der Waals surface area contributed by atoms with Crippen LogP contribution in [0.25, 0.3) is 73.3 Å². The van der Waals surface area contributed by atoms with Crippen molar-refractivity contribution in [1.29, 1.82) is 0 Å². The zero-order valence-electron chi connectivity index (χ0n) is 35.5. The van der Waals surface area contributed by atoms with E-state index in [1.807, 2.05) is 57.7 Å². The van der Waals surface area contributed by atoms with Crippen molar-refractivity contribution in [2.45, 2.75) is 78.1 Å². The molecule has 0 spiro atoms. The number of aromatic carboxylic acids is 2. The van der Waals surface area contributed by atoms with E-state index in [9.17, 15) is 9.59 Å². The molecular weight excluding hydrogens is 1020 g/mol. The molecule has 8 heterocycles. The van der Waals surface area contributed by atoms with Gasteiger partial charge in [0, 0.05) is 63.1 Å². The minimum Gasteiger partial charge on any atom is -0.753 e. The van der Waals surface area contributed by atoms with Crippen LogP contribution in [0.3, 0.4) is 0 Å². The second kappa shape index (κ2) is 27.5. The van der Waals surface area contributed by atoms with Gasteiger partial charge in [0.15, 0.2) is 0 Å². The summed E-state index contributed by atoms with van der Waals surface area (Å²) in [6.07, 6.45) is 19.5. The fourth-order valence-electron chi connectivity index (χ4n) is 6.61. The molecule has 0 saturated heterocycles. The maximum absolute atomic E-state index is 10.8. The number of fused-ring (bicyclic) bond motifs is 2. The number of hydrogen-bond donors (Lipinski definition) is 2. The van der Waals surface area contributed by atoms with Crippen LogP contribution in [-0.4, -0.2) is 52.4 Å². The van der Waals surface area contributed by atoms with Crippen molar-refractivity contribution >= 4 is 111 Å². The molecule has 2 N–H and O–H groups in total. The van der Waals surface area contributed by atoms with Gasteiger partial charge in [0.1, 0.15) is 0 Å². The Morgan fingerprint density at radius 3 is 1.20 bits per heavy atom. The molecule has 0 atom stereocenters. The first-order valence-electron chi connectivity index (χ1n) is 20.5. The van der Waals surface area contributed by atoms with Gasteiger partial charge < -0.3 is 21.0 Å². The van der Waals surface area contributed by atoms with Crippen LogP contribution in [0.1, 0.15) is 95.7 Å². The van der Waals surface area contributed by atoms with Gasteiger partial charge in [-0.05, 0) is 110 Å². The van der Waals surface area contributed by atoms with Gasteiger partial charge in [-0.3, -0.25) is 19.9 Å². The summed E-state index contributed by atoms with van der Waals surface area (Å²) in [7, 11) is 0. The normalized spacial score (nSPS) is 10.2. The Bertz CT molecular complexity index is 2620. The number of rotatable bonds is 16. The van der Waals surface area contributed by atoms with E-state index >= 15 is 0 Å². The van der Waals surface area contributed by atoms with Gasteiger partial charge in [0.25, 0.3) is 0 Å². The minimum absolute atomic E-state index is 0. The summed E-state index contributed by atoms with van der Waals surface area (Å²) in [4.78, 5) is 44.7. The predicted molar refractivity (Wildman–Crippen MR) is 274 cm³/mol. The smallest absolute Gasteiger partial charge is 0.753 e. The topological polar surface area (TPSA) is 171 Å². The van der Waals surface area contributed by atoms with Crippen LogP contribution in [0, 0.1) is 0 Å². The maximum atomic E-state index is 10.8. The van der Waals surface area contributed by atoms with Gasteiger partial charge in [0.2, 0.25) is 0 Å². The monoisotopic (exact) mass is 1060 g/mol. The van der Waals surface area contributed by atoms with E-state index in [4.69, 9.17) is 31.0 Å². The van der Waals surface area contributed by atoms with Crippen molar-refractivity contribution < 1.29 is 39.3 Å². The summed E-state index contributed by atoms with van der Waals surface area (Å²) < 4.78 is 5.63. The summed E-state index contributed by atoms with van der Waals surface area (Å²) >= 11 is 15.1. The van der Waals surface area contributed by atoms with E-state index in [0.717, 1.165) is 11.4 Å². The molecule has 0 bridgehead atoms. The van der Waals surface area contributed by atoms with Crippen LogP contribution < -0.4 is 0 Å². The van der Waals surface area contributed by atoms with E-state index in [2.05, 4.69) is 96.8 Å². The first kappa shape index (κ1) is 52.7. The minimum atomic E-state index is -1.08. The van der Waals surface area contributed by atoms with Crippen LogP contribution >= 0.6 is 69.8 Å². The van der Waals surface area contributed by atoms with Crippen LogP contribution in [0.5, 0.6) is 0 Å². The third kappa shape index (κ3) is 15.6. The van der Waals surface area contributed by atoms with Crippen molar-refractivity contribution in [3.8, 4) is 43.7 Å². The summed E-state index contributed by atoms with van der Waals surface area (Å²) in [5.41, 5.74) is 5.08. The molecule has 8 aromatic rings. The summed E-state index contributed by atoms with van der Waals surface area (Å²) in [6, 6.07) is 23.6. The molecule has 0 saturated carbocycles. The van der Waals surface area contributed by atoms with Gasteiger partial charge in [-0.1, -0.05) is 76.8 Å². The number of carboxylic acids is 2. The predicted octanol–water partition coefficient (Wildman–Crippen LogP) is 15.1.